The number of nitrogens with one attached hydrogen (secondary N) is 1. The fourth-order valence-corrected chi connectivity index (χ4v) is 4.68. The number of ether oxygens (including phenoxy) is 2. The highest BCUT2D eigenvalue weighted by atomic mass is 16.5. The minimum absolute atomic E-state index is 0.250. The Labute approximate surface area is 156 Å². The van der Waals surface area contributed by atoms with Crippen LogP contribution in [0.15, 0.2) is 12.1 Å². The maximum Gasteiger partial charge on any atom is 0.226 e. The Morgan fingerprint density at radius 1 is 1.15 bits per heavy atom. The van der Waals surface area contributed by atoms with Crippen LogP contribution in [0, 0.1) is 11.3 Å². The van der Waals surface area contributed by atoms with E-state index in [0.717, 1.165) is 56.8 Å². The van der Waals surface area contributed by atoms with Crippen molar-refractivity contribution in [2.75, 3.05) is 32.8 Å². The molecule has 5 heteroatoms. The summed E-state index contributed by atoms with van der Waals surface area (Å²) < 4.78 is 11.5. The van der Waals surface area contributed by atoms with Crippen molar-refractivity contribution < 1.29 is 14.3 Å². The molecule has 1 N–H and O–H groups in total. The Morgan fingerprint density at radius 2 is 1.81 bits per heavy atom. The number of carbonyl (C=O) groups is 1. The van der Waals surface area contributed by atoms with Crippen LogP contribution in [0.3, 0.4) is 0 Å². The summed E-state index contributed by atoms with van der Waals surface area (Å²) in [5.74, 6) is 2.23. The Balaban J connectivity index is 1.48. The summed E-state index contributed by atoms with van der Waals surface area (Å²) in [6.45, 7) is 8.84. The average Bonchev–Trinajstić information content (AvgIpc) is 3.35. The summed E-state index contributed by atoms with van der Waals surface area (Å²) in [4.78, 5) is 15.1. The Hall–Kier alpha value is -1.75. The second-order valence-electron chi connectivity index (χ2n) is 7.81. The molecule has 26 heavy (non-hydrogen) atoms. The lowest BCUT2D eigenvalue weighted by molar-refractivity contribution is -0.134. The molecule has 0 bridgehead atoms. The number of hydrogen-bond acceptors (Lipinski definition) is 4. The van der Waals surface area contributed by atoms with Gasteiger partial charge in [0, 0.05) is 19.0 Å². The zero-order chi connectivity index (χ0) is 18.1. The fraction of sp³-hybridized carbons (Fsp3) is 0.667. The van der Waals surface area contributed by atoms with E-state index in [1.807, 2.05) is 13.8 Å². The van der Waals surface area contributed by atoms with Gasteiger partial charge in [0.1, 0.15) is 0 Å². The van der Waals surface area contributed by atoms with Gasteiger partial charge in [0.15, 0.2) is 11.5 Å². The van der Waals surface area contributed by atoms with Gasteiger partial charge in [-0.15, -0.1) is 0 Å². The first kappa shape index (κ1) is 17.7. The maximum absolute atomic E-state index is 13.1. The standard InChI is InChI=1S/C21H30N2O3/c1-3-25-18-11-15-5-10-23(14-16(15)12-19(18)26-4-2)20(24)17-13-21(17)6-8-22-9-7-21/h11-12,17,22H,3-10,13-14H2,1-2H3. The molecule has 0 aromatic heterocycles. The van der Waals surface area contributed by atoms with Crippen molar-refractivity contribution in [1.29, 1.82) is 0 Å². The third kappa shape index (κ3) is 3.18. The summed E-state index contributed by atoms with van der Waals surface area (Å²) >= 11 is 0. The first-order chi connectivity index (χ1) is 12.7. The SMILES string of the molecule is CCOc1cc2c(cc1OCC)CN(C(=O)C1CC13CCNCC3)CC2. The lowest BCUT2D eigenvalue weighted by atomic mass is 9.91. The number of hydrogen-bond donors (Lipinski definition) is 1. The predicted molar refractivity (Wildman–Crippen MR) is 101 cm³/mol. The smallest absolute Gasteiger partial charge is 0.226 e. The van der Waals surface area contributed by atoms with E-state index in [9.17, 15) is 4.79 Å². The lowest BCUT2D eigenvalue weighted by Crippen LogP contribution is -2.39. The molecule has 1 spiro atoms. The van der Waals surface area contributed by atoms with Gasteiger partial charge in [0.25, 0.3) is 0 Å². The van der Waals surface area contributed by atoms with Crippen molar-refractivity contribution in [3.63, 3.8) is 0 Å². The number of benzene rings is 1. The van der Waals surface area contributed by atoms with E-state index < -0.39 is 0 Å². The summed E-state index contributed by atoms with van der Waals surface area (Å²) in [5, 5.41) is 3.42. The van der Waals surface area contributed by atoms with Crippen molar-refractivity contribution >= 4 is 5.91 Å². The molecular weight excluding hydrogens is 328 g/mol. The number of carbonyl (C=O) groups excluding carboxylic acids is 1. The van der Waals surface area contributed by atoms with Crippen LogP contribution in [0.5, 0.6) is 11.5 Å². The molecule has 0 radical (unpaired) electrons. The first-order valence-electron chi connectivity index (χ1n) is 10.1. The number of piperidine rings is 1. The highest BCUT2D eigenvalue weighted by molar-refractivity contribution is 5.83. The molecule has 1 aromatic rings. The zero-order valence-electron chi connectivity index (χ0n) is 16.0. The number of amides is 1. The van der Waals surface area contributed by atoms with E-state index in [1.165, 1.54) is 11.1 Å². The van der Waals surface area contributed by atoms with Crippen LogP contribution in [0.4, 0.5) is 0 Å². The fourth-order valence-electron chi connectivity index (χ4n) is 4.68. The van der Waals surface area contributed by atoms with Crippen molar-refractivity contribution in [3.05, 3.63) is 23.3 Å². The van der Waals surface area contributed by atoms with E-state index >= 15 is 0 Å². The molecule has 1 saturated heterocycles. The molecule has 5 nitrogen and oxygen atoms in total. The second kappa shape index (κ2) is 7.10. The van der Waals surface area contributed by atoms with Gasteiger partial charge in [-0.2, -0.15) is 0 Å². The molecule has 1 atom stereocenters. The third-order valence-electron chi connectivity index (χ3n) is 6.28. The lowest BCUT2D eigenvalue weighted by Gasteiger charge is -2.31. The van der Waals surface area contributed by atoms with Gasteiger partial charge in [-0.1, -0.05) is 0 Å². The molecule has 2 fully saturated rings. The highest BCUT2D eigenvalue weighted by Gasteiger charge is 2.58. The van der Waals surface area contributed by atoms with E-state index in [1.54, 1.807) is 0 Å². The van der Waals surface area contributed by atoms with Crippen LogP contribution in [0.2, 0.25) is 0 Å². The van der Waals surface area contributed by atoms with Gasteiger partial charge in [-0.05, 0) is 81.3 Å². The normalized spacial score (nSPS) is 23.5. The molecule has 1 amide bonds. The summed E-state index contributed by atoms with van der Waals surface area (Å²) in [6, 6.07) is 4.19. The molecule has 1 aliphatic carbocycles. The Kier molecular flexibility index (Phi) is 4.82. The maximum atomic E-state index is 13.1. The number of rotatable bonds is 5. The van der Waals surface area contributed by atoms with E-state index in [2.05, 4.69) is 22.3 Å². The van der Waals surface area contributed by atoms with Crippen molar-refractivity contribution in [1.82, 2.24) is 10.2 Å². The van der Waals surface area contributed by atoms with E-state index in [0.29, 0.717) is 31.1 Å². The molecular formula is C21H30N2O3. The van der Waals surface area contributed by atoms with Gasteiger partial charge >= 0.3 is 0 Å². The molecule has 3 aliphatic rings. The molecule has 1 saturated carbocycles. The summed E-state index contributed by atoms with van der Waals surface area (Å²) in [7, 11) is 0. The molecule has 1 aromatic carbocycles. The van der Waals surface area contributed by atoms with Gasteiger partial charge in [0.05, 0.1) is 13.2 Å². The van der Waals surface area contributed by atoms with Crippen LogP contribution in [0.1, 0.15) is 44.2 Å². The van der Waals surface area contributed by atoms with Crippen molar-refractivity contribution in [3.8, 4) is 11.5 Å². The molecule has 4 rings (SSSR count). The topological polar surface area (TPSA) is 50.8 Å². The van der Waals surface area contributed by atoms with E-state index in [4.69, 9.17) is 9.47 Å². The average molecular weight is 358 g/mol. The molecule has 2 heterocycles. The number of nitrogens with zero attached hydrogens (tertiary/aromatic N) is 1. The van der Waals surface area contributed by atoms with Crippen LogP contribution in [-0.4, -0.2) is 43.7 Å². The van der Waals surface area contributed by atoms with Gasteiger partial charge in [-0.3, -0.25) is 4.79 Å². The monoisotopic (exact) mass is 358 g/mol. The number of fused-ring (bicyclic) bond motifs is 1. The summed E-state index contributed by atoms with van der Waals surface area (Å²) in [5.41, 5.74) is 2.79. The van der Waals surface area contributed by atoms with E-state index in [-0.39, 0.29) is 5.92 Å². The second-order valence-corrected chi connectivity index (χ2v) is 7.81. The largest absolute Gasteiger partial charge is 0.490 e. The third-order valence-corrected chi connectivity index (χ3v) is 6.28. The molecule has 2 aliphatic heterocycles. The van der Waals surface area contributed by atoms with Crippen molar-refractivity contribution in [2.24, 2.45) is 11.3 Å². The summed E-state index contributed by atoms with van der Waals surface area (Å²) in [6.07, 6.45) is 4.29. The quantitative estimate of drug-likeness (QED) is 0.879. The van der Waals surface area contributed by atoms with Gasteiger partial charge in [-0.25, -0.2) is 0 Å². The Morgan fingerprint density at radius 3 is 2.46 bits per heavy atom. The Bertz CT molecular complexity index is 682. The molecule has 1 unspecified atom stereocenters. The first-order valence-corrected chi connectivity index (χ1v) is 10.1. The van der Waals surface area contributed by atoms with Crippen molar-refractivity contribution in [2.45, 2.75) is 46.1 Å². The van der Waals surface area contributed by atoms with Crippen LogP contribution in [0.25, 0.3) is 0 Å². The minimum atomic E-state index is 0.250. The van der Waals surface area contributed by atoms with Gasteiger partial charge in [0.2, 0.25) is 5.91 Å². The van der Waals surface area contributed by atoms with Crippen LogP contribution in [-0.2, 0) is 17.8 Å². The molecule has 142 valence electrons. The zero-order valence-corrected chi connectivity index (χ0v) is 16.0. The predicted octanol–water partition coefficient (Wildman–Crippen LogP) is 2.76. The minimum Gasteiger partial charge on any atom is -0.490 e. The van der Waals surface area contributed by atoms with Crippen LogP contribution >= 0.6 is 0 Å². The van der Waals surface area contributed by atoms with Gasteiger partial charge < -0.3 is 19.7 Å². The highest BCUT2D eigenvalue weighted by Crippen LogP contribution is 2.59. The van der Waals surface area contributed by atoms with Crippen LogP contribution < -0.4 is 14.8 Å².